The fraction of sp³-hybridized carbons (Fsp3) is 0.364. The lowest BCUT2D eigenvalue weighted by Gasteiger charge is -2.30. The van der Waals surface area contributed by atoms with Gasteiger partial charge in [-0.2, -0.15) is 0 Å². The first-order chi connectivity index (χ1) is 13.9. The van der Waals surface area contributed by atoms with E-state index in [9.17, 15) is 14.0 Å². The van der Waals surface area contributed by atoms with E-state index in [1.807, 2.05) is 38.1 Å². The maximum Gasteiger partial charge on any atom is 0.242 e. The van der Waals surface area contributed by atoms with Crippen molar-refractivity contribution in [3.63, 3.8) is 0 Å². The van der Waals surface area contributed by atoms with E-state index in [2.05, 4.69) is 5.32 Å². The summed E-state index contributed by atoms with van der Waals surface area (Å²) in [6, 6.07) is 11.8. The molecule has 0 spiro atoms. The third-order valence-electron chi connectivity index (χ3n) is 4.77. The summed E-state index contributed by atoms with van der Waals surface area (Å²) in [6.45, 7) is 4.20. The Balaban J connectivity index is 2.15. The Morgan fingerprint density at radius 3 is 2.55 bits per heavy atom. The minimum Gasteiger partial charge on any atom is -0.357 e. The van der Waals surface area contributed by atoms with Crippen LogP contribution in [0.4, 0.5) is 4.39 Å². The van der Waals surface area contributed by atoms with E-state index in [4.69, 9.17) is 11.6 Å². The van der Waals surface area contributed by atoms with Gasteiger partial charge >= 0.3 is 0 Å². The standard InChI is InChI=1S/C22H26ClFN2O2S/c1-4-20(22(28)25-3)26(12-16-9-6-5-8-15(16)2)21(27)14-29-13-17-18(23)10-7-11-19(17)24/h5-11,20H,4,12-14H2,1-3H3,(H,25,28)/t20-/m1/s1. The van der Waals surface area contributed by atoms with E-state index in [-0.39, 0.29) is 29.1 Å². The van der Waals surface area contributed by atoms with Gasteiger partial charge in [0.05, 0.1) is 5.75 Å². The molecule has 0 bridgehead atoms. The number of rotatable bonds is 9. The number of hydrogen-bond acceptors (Lipinski definition) is 3. The molecule has 2 amide bonds. The Labute approximate surface area is 180 Å². The highest BCUT2D eigenvalue weighted by atomic mass is 35.5. The molecule has 4 nitrogen and oxygen atoms in total. The zero-order chi connectivity index (χ0) is 21.4. The van der Waals surface area contributed by atoms with Crippen LogP contribution in [0.15, 0.2) is 42.5 Å². The predicted octanol–water partition coefficient (Wildman–Crippen LogP) is 4.57. The molecule has 0 saturated carbocycles. The van der Waals surface area contributed by atoms with Crippen molar-refractivity contribution in [1.29, 1.82) is 0 Å². The maximum absolute atomic E-state index is 14.0. The van der Waals surface area contributed by atoms with Crippen molar-refractivity contribution in [2.75, 3.05) is 12.8 Å². The molecule has 0 aliphatic heterocycles. The molecule has 0 fully saturated rings. The zero-order valence-corrected chi connectivity index (χ0v) is 18.4. The smallest absolute Gasteiger partial charge is 0.242 e. The molecule has 0 aliphatic carbocycles. The molecule has 2 aromatic rings. The molecule has 2 aromatic carbocycles. The molecular formula is C22H26ClFN2O2S. The number of benzene rings is 2. The average molecular weight is 437 g/mol. The highest BCUT2D eigenvalue weighted by Crippen LogP contribution is 2.25. The molecule has 1 atom stereocenters. The molecule has 0 heterocycles. The van der Waals surface area contributed by atoms with Gasteiger partial charge in [-0.05, 0) is 36.6 Å². The molecule has 0 aliphatic rings. The summed E-state index contributed by atoms with van der Waals surface area (Å²) in [4.78, 5) is 27.0. The lowest BCUT2D eigenvalue weighted by Crippen LogP contribution is -2.48. The van der Waals surface area contributed by atoms with Crippen molar-refractivity contribution in [3.05, 3.63) is 70.0 Å². The molecule has 29 heavy (non-hydrogen) atoms. The topological polar surface area (TPSA) is 49.4 Å². The summed E-state index contributed by atoms with van der Waals surface area (Å²) in [6.07, 6.45) is 0.501. The van der Waals surface area contributed by atoms with Crippen LogP contribution in [-0.2, 0) is 21.9 Å². The number of nitrogens with zero attached hydrogens (tertiary/aromatic N) is 1. The Morgan fingerprint density at radius 1 is 1.21 bits per heavy atom. The van der Waals surface area contributed by atoms with Gasteiger partial charge in [-0.3, -0.25) is 9.59 Å². The first-order valence-electron chi connectivity index (χ1n) is 9.45. The summed E-state index contributed by atoms with van der Waals surface area (Å²) in [5, 5.41) is 2.99. The Hall–Kier alpha value is -2.05. The Kier molecular flexibility index (Phi) is 8.99. The van der Waals surface area contributed by atoms with Gasteiger partial charge in [-0.25, -0.2) is 4.39 Å². The van der Waals surface area contributed by atoms with Crippen LogP contribution < -0.4 is 5.32 Å². The van der Waals surface area contributed by atoms with E-state index in [0.29, 0.717) is 23.6 Å². The highest BCUT2D eigenvalue weighted by molar-refractivity contribution is 7.99. The molecule has 7 heteroatoms. The van der Waals surface area contributed by atoms with E-state index in [0.717, 1.165) is 11.1 Å². The van der Waals surface area contributed by atoms with E-state index in [1.54, 1.807) is 24.1 Å². The lowest BCUT2D eigenvalue weighted by atomic mass is 10.1. The Morgan fingerprint density at radius 2 is 1.93 bits per heavy atom. The molecule has 1 N–H and O–H groups in total. The number of carbonyl (C=O) groups is 2. The lowest BCUT2D eigenvalue weighted by molar-refractivity contribution is -0.139. The van der Waals surface area contributed by atoms with Crippen LogP contribution in [0.25, 0.3) is 0 Å². The summed E-state index contributed by atoms with van der Waals surface area (Å²) in [5.74, 6) is -0.334. The zero-order valence-electron chi connectivity index (χ0n) is 16.9. The number of aryl methyl sites for hydroxylation is 1. The molecule has 2 rings (SSSR count). The summed E-state index contributed by atoms with van der Waals surface area (Å²) < 4.78 is 14.0. The minimum atomic E-state index is -0.565. The predicted molar refractivity (Wildman–Crippen MR) is 117 cm³/mol. The summed E-state index contributed by atoms with van der Waals surface area (Å²) in [5.41, 5.74) is 2.43. The van der Waals surface area contributed by atoms with Crippen molar-refractivity contribution in [1.82, 2.24) is 10.2 Å². The second kappa shape index (κ2) is 11.2. The monoisotopic (exact) mass is 436 g/mol. The van der Waals surface area contributed by atoms with Gasteiger partial charge < -0.3 is 10.2 Å². The number of amides is 2. The van der Waals surface area contributed by atoms with Crippen LogP contribution in [0.1, 0.15) is 30.0 Å². The minimum absolute atomic E-state index is 0.129. The summed E-state index contributed by atoms with van der Waals surface area (Å²) >= 11 is 7.35. The molecule has 156 valence electrons. The van der Waals surface area contributed by atoms with Gasteiger partial charge in [0.2, 0.25) is 11.8 Å². The maximum atomic E-state index is 14.0. The quantitative estimate of drug-likeness (QED) is 0.626. The first-order valence-corrected chi connectivity index (χ1v) is 11.0. The number of halogens is 2. The second-order valence-corrected chi connectivity index (χ2v) is 8.07. The van der Waals surface area contributed by atoms with Crippen LogP contribution in [0.3, 0.4) is 0 Å². The van der Waals surface area contributed by atoms with Gasteiger partial charge in [0.15, 0.2) is 0 Å². The van der Waals surface area contributed by atoms with Gasteiger partial charge in [0, 0.05) is 29.9 Å². The van der Waals surface area contributed by atoms with Crippen LogP contribution in [0.5, 0.6) is 0 Å². The SMILES string of the molecule is CC[C@H](C(=O)NC)N(Cc1ccccc1C)C(=O)CSCc1c(F)cccc1Cl. The third-order valence-corrected chi connectivity index (χ3v) is 6.07. The molecule has 0 radical (unpaired) electrons. The second-order valence-electron chi connectivity index (χ2n) is 6.68. The molecule has 0 saturated heterocycles. The van der Waals surface area contributed by atoms with Crippen molar-refractivity contribution in [3.8, 4) is 0 Å². The number of hydrogen-bond donors (Lipinski definition) is 1. The number of carbonyl (C=O) groups excluding carboxylic acids is 2. The molecular weight excluding hydrogens is 411 g/mol. The number of likely N-dealkylation sites (N-methyl/N-ethyl adjacent to an activating group) is 1. The van der Waals surface area contributed by atoms with Gasteiger partial charge in [0.25, 0.3) is 0 Å². The third kappa shape index (κ3) is 6.21. The first kappa shape index (κ1) is 23.2. The van der Waals surface area contributed by atoms with Gasteiger partial charge in [0.1, 0.15) is 11.9 Å². The van der Waals surface area contributed by atoms with E-state index in [1.165, 1.54) is 17.8 Å². The van der Waals surface area contributed by atoms with Crippen LogP contribution in [0, 0.1) is 12.7 Å². The average Bonchev–Trinajstić information content (AvgIpc) is 2.71. The van der Waals surface area contributed by atoms with E-state index >= 15 is 0 Å². The van der Waals surface area contributed by atoms with Gasteiger partial charge in [-0.1, -0.05) is 48.9 Å². The van der Waals surface area contributed by atoms with Crippen molar-refractivity contribution < 1.29 is 14.0 Å². The number of thioether (sulfide) groups is 1. The van der Waals surface area contributed by atoms with Crippen LogP contribution in [-0.4, -0.2) is 35.6 Å². The van der Waals surface area contributed by atoms with Crippen molar-refractivity contribution in [2.45, 2.75) is 38.6 Å². The fourth-order valence-corrected chi connectivity index (χ4v) is 4.30. The van der Waals surface area contributed by atoms with Crippen molar-refractivity contribution in [2.24, 2.45) is 0 Å². The van der Waals surface area contributed by atoms with E-state index < -0.39 is 6.04 Å². The van der Waals surface area contributed by atoms with Crippen molar-refractivity contribution >= 4 is 35.2 Å². The van der Waals surface area contributed by atoms with Crippen LogP contribution in [0.2, 0.25) is 5.02 Å². The Bertz CT molecular complexity index is 842. The molecule has 0 aromatic heterocycles. The number of nitrogens with one attached hydrogen (secondary N) is 1. The highest BCUT2D eigenvalue weighted by Gasteiger charge is 2.28. The largest absolute Gasteiger partial charge is 0.357 e. The van der Waals surface area contributed by atoms with Gasteiger partial charge in [-0.15, -0.1) is 11.8 Å². The molecule has 0 unspecified atom stereocenters. The summed E-state index contributed by atoms with van der Waals surface area (Å²) in [7, 11) is 1.57. The fourth-order valence-electron chi connectivity index (χ4n) is 3.05. The van der Waals surface area contributed by atoms with Crippen LogP contribution >= 0.6 is 23.4 Å². The normalized spacial score (nSPS) is 11.8.